The quantitative estimate of drug-likeness (QED) is 0.837. The Labute approximate surface area is 118 Å². The zero-order chi connectivity index (χ0) is 13.8. The standard InChI is InChI=1S/C17H17NO2/c19-17(18-9-11-20-12-10-18)16-8-4-7-15(13-16)14-5-2-1-3-6-14/h1-8,13H,9-12H2. The molecule has 20 heavy (non-hydrogen) atoms. The fourth-order valence-corrected chi connectivity index (χ4v) is 2.41. The van der Waals surface area contributed by atoms with Gasteiger partial charge >= 0.3 is 0 Å². The first-order chi connectivity index (χ1) is 9.84. The van der Waals surface area contributed by atoms with Gasteiger partial charge in [0.05, 0.1) is 13.2 Å². The van der Waals surface area contributed by atoms with Crippen LogP contribution in [-0.2, 0) is 4.74 Å². The molecule has 0 aliphatic carbocycles. The lowest BCUT2D eigenvalue weighted by Gasteiger charge is -2.27. The number of benzene rings is 2. The summed E-state index contributed by atoms with van der Waals surface area (Å²) in [6.07, 6.45) is 0. The van der Waals surface area contributed by atoms with E-state index in [2.05, 4.69) is 12.1 Å². The van der Waals surface area contributed by atoms with Crippen molar-refractivity contribution in [1.29, 1.82) is 0 Å². The van der Waals surface area contributed by atoms with Gasteiger partial charge in [-0.3, -0.25) is 4.79 Å². The Kier molecular flexibility index (Phi) is 3.79. The van der Waals surface area contributed by atoms with Crippen LogP contribution in [0.25, 0.3) is 11.1 Å². The molecule has 0 N–H and O–H groups in total. The molecule has 2 aromatic carbocycles. The van der Waals surface area contributed by atoms with Gasteiger partial charge in [0.25, 0.3) is 5.91 Å². The van der Waals surface area contributed by atoms with Gasteiger partial charge in [-0.1, -0.05) is 42.5 Å². The summed E-state index contributed by atoms with van der Waals surface area (Å²) in [5.41, 5.74) is 2.95. The van der Waals surface area contributed by atoms with E-state index in [-0.39, 0.29) is 5.91 Å². The zero-order valence-corrected chi connectivity index (χ0v) is 11.3. The Morgan fingerprint density at radius 3 is 2.35 bits per heavy atom. The molecule has 1 amide bonds. The molecule has 1 aliphatic heterocycles. The van der Waals surface area contributed by atoms with E-state index >= 15 is 0 Å². The molecule has 1 heterocycles. The molecule has 0 spiro atoms. The molecule has 1 aliphatic rings. The molecule has 3 nitrogen and oxygen atoms in total. The van der Waals surface area contributed by atoms with Gasteiger partial charge in [-0.05, 0) is 23.3 Å². The number of rotatable bonds is 2. The molecule has 0 aromatic heterocycles. The van der Waals surface area contributed by atoms with Crippen LogP contribution in [0.5, 0.6) is 0 Å². The summed E-state index contributed by atoms with van der Waals surface area (Å²) in [5, 5.41) is 0. The normalized spacial score (nSPS) is 15.1. The monoisotopic (exact) mass is 267 g/mol. The van der Waals surface area contributed by atoms with E-state index in [1.807, 2.05) is 47.4 Å². The minimum Gasteiger partial charge on any atom is -0.378 e. The summed E-state index contributed by atoms with van der Waals surface area (Å²) in [7, 11) is 0. The number of morpholine rings is 1. The van der Waals surface area contributed by atoms with Crippen molar-refractivity contribution < 1.29 is 9.53 Å². The lowest BCUT2D eigenvalue weighted by atomic mass is 10.0. The Balaban J connectivity index is 1.85. The zero-order valence-electron chi connectivity index (χ0n) is 11.3. The molecule has 2 aromatic rings. The van der Waals surface area contributed by atoms with Crippen LogP contribution in [0, 0.1) is 0 Å². The van der Waals surface area contributed by atoms with Crippen LogP contribution in [0.1, 0.15) is 10.4 Å². The van der Waals surface area contributed by atoms with E-state index in [0.29, 0.717) is 26.3 Å². The lowest BCUT2D eigenvalue weighted by Crippen LogP contribution is -2.40. The second kappa shape index (κ2) is 5.88. The fourth-order valence-electron chi connectivity index (χ4n) is 2.41. The second-order valence-corrected chi connectivity index (χ2v) is 4.85. The highest BCUT2D eigenvalue weighted by Crippen LogP contribution is 2.20. The van der Waals surface area contributed by atoms with Crippen LogP contribution >= 0.6 is 0 Å². The predicted molar refractivity (Wildman–Crippen MR) is 78.6 cm³/mol. The van der Waals surface area contributed by atoms with Gasteiger partial charge in [-0.25, -0.2) is 0 Å². The van der Waals surface area contributed by atoms with E-state index < -0.39 is 0 Å². The second-order valence-electron chi connectivity index (χ2n) is 4.85. The van der Waals surface area contributed by atoms with Crippen molar-refractivity contribution in [2.75, 3.05) is 26.3 Å². The number of carbonyl (C=O) groups excluding carboxylic acids is 1. The van der Waals surface area contributed by atoms with Gasteiger partial charge in [-0.15, -0.1) is 0 Å². The van der Waals surface area contributed by atoms with Crippen molar-refractivity contribution in [3.63, 3.8) is 0 Å². The Morgan fingerprint density at radius 2 is 1.60 bits per heavy atom. The van der Waals surface area contributed by atoms with Crippen molar-refractivity contribution in [1.82, 2.24) is 4.90 Å². The van der Waals surface area contributed by atoms with E-state index in [9.17, 15) is 4.79 Å². The largest absolute Gasteiger partial charge is 0.378 e. The van der Waals surface area contributed by atoms with E-state index in [1.165, 1.54) is 0 Å². The number of hydrogen-bond acceptors (Lipinski definition) is 2. The summed E-state index contributed by atoms with van der Waals surface area (Å²) in [6, 6.07) is 17.9. The van der Waals surface area contributed by atoms with Crippen LogP contribution < -0.4 is 0 Å². The Bertz CT molecular complexity index is 589. The summed E-state index contributed by atoms with van der Waals surface area (Å²) >= 11 is 0. The third kappa shape index (κ3) is 2.73. The Hall–Kier alpha value is -2.13. The first-order valence-electron chi connectivity index (χ1n) is 6.87. The Morgan fingerprint density at radius 1 is 0.900 bits per heavy atom. The SMILES string of the molecule is O=C(c1cccc(-c2ccccc2)c1)N1CCOCC1. The maximum atomic E-state index is 12.5. The molecule has 0 atom stereocenters. The van der Waals surface area contributed by atoms with Crippen molar-refractivity contribution in [2.45, 2.75) is 0 Å². The molecule has 0 radical (unpaired) electrons. The first-order valence-corrected chi connectivity index (χ1v) is 6.87. The number of nitrogens with zero attached hydrogens (tertiary/aromatic N) is 1. The summed E-state index contributed by atoms with van der Waals surface area (Å²) in [4.78, 5) is 14.3. The van der Waals surface area contributed by atoms with Crippen molar-refractivity contribution in [3.05, 3.63) is 60.2 Å². The van der Waals surface area contributed by atoms with Crippen molar-refractivity contribution in [3.8, 4) is 11.1 Å². The maximum Gasteiger partial charge on any atom is 0.254 e. The molecule has 3 rings (SSSR count). The molecule has 0 unspecified atom stereocenters. The topological polar surface area (TPSA) is 29.5 Å². The van der Waals surface area contributed by atoms with E-state index in [0.717, 1.165) is 16.7 Å². The molecule has 1 saturated heterocycles. The van der Waals surface area contributed by atoms with Crippen LogP contribution in [0.15, 0.2) is 54.6 Å². The minimum absolute atomic E-state index is 0.0890. The summed E-state index contributed by atoms with van der Waals surface area (Å²) in [6.45, 7) is 2.61. The van der Waals surface area contributed by atoms with Crippen LogP contribution in [0.4, 0.5) is 0 Å². The number of ether oxygens (including phenoxy) is 1. The number of amides is 1. The molecular formula is C17H17NO2. The highest BCUT2D eigenvalue weighted by atomic mass is 16.5. The molecule has 3 heteroatoms. The van der Waals surface area contributed by atoms with Crippen molar-refractivity contribution >= 4 is 5.91 Å². The smallest absolute Gasteiger partial charge is 0.254 e. The van der Waals surface area contributed by atoms with Crippen LogP contribution in [-0.4, -0.2) is 37.1 Å². The highest BCUT2D eigenvalue weighted by molar-refractivity contribution is 5.95. The van der Waals surface area contributed by atoms with Gasteiger partial charge in [-0.2, -0.15) is 0 Å². The third-order valence-electron chi connectivity index (χ3n) is 3.51. The summed E-state index contributed by atoms with van der Waals surface area (Å²) < 4.78 is 5.28. The maximum absolute atomic E-state index is 12.5. The lowest BCUT2D eigenvalue weighted by molar-refractivity contribution is 0.0303. The van der Waals surface area contributed by atoms with Crippen LogP contribution in [0.2, 0.25) is 0 Å². The van der Waals surface area contributed by atoms with Gasteiger partial charge < -0.3 is 9.64 Å². The average molecular weight is 267 g/mol. The van der Waals surface area contributed by atoms with E-state index in [1.54, 1.807) is 0 Å². The highest BCUT2D eigenvalue weighted by Gasteiger charge is 2.18. The van der Waals surface area contributed by atoms with E-state index in [4.69, 9.17) is 4.74 Å². The molecule has 0 bridgehead atoms. The third-order valence-corrected chi connectivity index (χ3v) is 3.51. The predicted octanol–water partition coefficient (Wildman–Crippen LogP) is 2.83. The van der Waals surface area contributed by atoms with Gasteiger partial charge in [0, 0.05) is 18.7 Å². The fraction of sp³-hybridized carbons (Fsp3) is 0.235. The molecule has 102 valence electrons. The average Bonchev–Trinajstić information content (AvgIpc) is 2.56. The number of hydrogen-bond donors (Lipinski definition) is 0. The molecule has 1 fully saturated rings. The van der Waals surface area contributed by atoms with Crippen LogP contribution in [0.3, 0.4) is 0 Å². The number of carbonyl (C=O) groups is 1. The summed E-state index contributed by atoms with van der Waals surface area (Å²) in [5.74, 6) is 0.0890. The van der Waals surface area contributed by atoms with Gasteiger partial charge in [0.1, 0.15) is 0 Å². The first kappa shape index (κ1) is 12.9. The molecule has 0 saturated carbocycles. The minimum atomic E-state index is 0.0890. The molecular weight excluding hydrogens is 250 g/mol. The van der Waals surface area contributed by atoms with Crippen molar-refractivity contribution in [2.24, 2.45) is 0 Å². The van der Waals surface area contributed by atoms with Gasteiger partial charge in [0.15, 0.2) is 0 Å². The van der Waals surface area contributed by atoms with Gasteiger partial charge in [0.2, 0.25) is 0 Å².